The van der Waals surface area contributed by atoms with E-state index in [4.69, 9.17) is 0 Å². The molecule has 3 fully saturated rings. The fourth-order valence-corrected chi connectivity index (χ4v) is 5.37. The monoisotopic (exact) mass is 237 g/mol. The van der Waals surface area contributed by atoms with Crippen molar-refractivity contribution in [1.29, 1.82) is 0 Å². The molecule has 0 aromatic rings. The van der Waals surface area contributed by atoms with Crippen molar-refractivity contribution in [1.82, 2.24) is 5.32 Å². The van der Waals surface area contributed by atoms with Crippen LogP contribution in [0.1, 0.15) is 59.3 Å². The highest BCUT2D eigenvalue weighted by Gasteiger charge is 2.70. The summed E-state index contributed by atoms with van der Waals surface area (Å²) in [7, 11) is 0. The molecule has 0 aromatic carbocycles. The summed E-state index contributed by atoms with van der Waals surface area (Å²) in [6.45, 7) is 8.03. The van der Waals surface area contributed by atoms with Crippen LogP contribution in [0.4, 0.5) is 0 Å². The molecule has 0 aromatic heterocycles. The summed E-state index contributed by atoms with van der Waals surface area (Å²) in [5.41, 5.74) is -0.269. The SMILES string of the molecule is CC12CCC(C1)C(C)(C)C2(O)C1CCCCN1. The minimum Gasteiger partial charge on any atom is -0.387 e. The van der Waals surface area contributed by atoms with Crippen molar-refractivity contribution in [2.24, 2.45) is 16.7 Å². The maximum atomic E-state index is 11.5. The Kier molecular flexibility index (Phi) is 2.45. The highest BCUT2D eigenvalue weighted by Crippen LogP contribution is 2.69. The molecule has 4 atom stereocenters. The minimum atomic E-state index is -0.497. The van der Waals surface area contributed by atoms with E-state index in [-0.39, 0.29) is 10.8 Å². The van der Waals surface area contributed by atoms with Gasteiger partial charge in [0, 0.05) is 6.04 Å². The standard InChI is InChI=1S/C15H27NO/c1-13(2)11-7-8-14(3,10-11)15(13,17)12-6-4-5-9-16-12/h11-12,16-17H,4-10H2,1-3H3. The molecule has 2 aliphatic carbocycles. The second kappa shape index (κ2) is 3.48. The molecule has 1 saturated heterocycles. The highest BCUT2D eigenvalue weighted by atomic mass is 16.3. The van der Waals surface area contributed by atoms with E-state index in [1.807, 2.05) is 0 Å². The Hall–Kier alpha value is -0.0800. The van der Waals surface area contributed by atoms with E-state index in [2.05, 4.69) is 26.1 Å². The van der Waals surface area contributed by atoms with Crippen LogP contribution >= 0.6 is 0 Å². The van der Waals surface area contributed by atoms with Crippen molar-refractivity contribution in [2.45, 2.75) is 70.9 Å². The van der Waals surface area contributed by atoms with Gasteiger partial charge in [0.05, 0.1) is 5.60 Å². The van der Waals surface area contributed by atoms with E-state index >= 15 is 0 Å². The van der Waals surface area contributed by atoms with Crippen LogP contribution < -0.4 is 5.32 Å². The number of hydrogen-bond donors (Lipinski definition) is 2. The first-order valence-corrected chi connectivity index (χ1v) is 7.38. The summed E-state index contributed by atoms with van der Waals surface area (Å²) in [5, 5.41) is 15.1. The average Bonchev–Trinajstić information content (AvgIpc) is 2.78. The Morgan fingerprint density at radius 1 is 1.12 bits per heavy atom. The Morgan fingerprint density at radius 2 is 1.88 bits per heavy atom. The van der Waals surface area contributed by atoms with Crippen molar-refractivity contribution in [3.05, 3.63) is 0 Å². The van der Waals surface area contributed by atoms with Crippen LogP contribution in [-0.2, 0) is 0 Å². The number of fused-ring (bicyclic) bond motifs is 2. The zero-order valence-corrected chi connectivity index (χ0v) is 11.6. The number of aliphatic hydroxyl groups is 1. The van der Waals surface area contributed by atoms with Gasteiger partial charge in [0.2, 0.25) is 0 Å². The van der Waals surface area contributed by atoms with Gasteiger partial charge in [-0.2, -0.15) is 0 Å². The van der Waals surface area contributed by atoms with Crippen molar-refractivity contribution >= 4 is 0 Å². The lowest BCUT2D eigenvalue weighted by Crippen LogP contribution is -2.66. The van der Waals surface area contributed by atoms with Crippen LogP contribution in [0.15, 0.2) is 0 Å². The van der Waals surface area contributed by atoms with Gasteiger partial charge in [-0.1, -0.05) is 27.2 Å². The van der Waals surface area contributed by atoms with Gasteiger partial charge in [-0.05, 0) is 55.4 Å². The Labute approximate surface area is 105 Å². The van der Waals surface area contributed by atoms with E-state index in [9.17, 15) is 5.11 Å². The lowest BCUT2D eigenvalue weighted by molar-refractivity contribution is -0.168. The normalized spacial score (nSPS) is 52.9. The fourth-order valence-electron chi connectivity index (χ4n) is 5.37. The Bertz CT molecular complexity index is 314. The van der Waals surface area contributed by atoms with Crippen LogP contribution in [0.25, 0.3) is 0 Å². The molecular weight excluding hydrogens is 210 g/mol. The first-order valence-electron chi connectivity index (χ1n) is 7.38. The molecule has 3 aliphatic rings. The first kappa shape index (κ1) is 12.0. The van der Waals surface area contributed by atoms with Crippen molar-refractivity contribution < 1.29 is 5.11 Å². The lowest BCUT2D eigenvalue weighted by atomic mass is 9.56. The summed E-state index contributed by atoms with van der Waals surface area (Å²) >= 11 is 0. The van der Waals surface area contributed by atoms with Crippen LogP contribution in [0, 0.1) is 16.7 Å². The van der Waals surface area contributed by atoms with Gasteiger partial charge in [-0.25, -0.2) is 0 Å². The lowest BCUT2D eigenvalue weighted by Gasteiger charge is -2.55. The first-order chi connectivity index (χ1) is 7.92. The molecule has 1 heterocycles. The number of rotatable bonds is 1. The van der Waals surface area contributed by atoms with Crippen molar-refractivity contribution in [3.63, 3.8) is 0 Å². The van der Waals surface area contributed by atoms with Crippen molar-refractivity contribution in [3.8, 4) is 0 Å². The highest BCUT2D eigenvalue weighted by molar-refractivity contribution is 5.22. The molecule has 2 bridgehead atoms. The molecule has 2 heteroatoms. The van der Waals surface area contributed by atoms with Gasteiger partial charge in [-0.15, -0.1) is 0 Å². The summed E-state index contributed by atoms with van der Waals surface area (Å²) in [6, 6.07) is 0.321. The molecule has 1 aliphatic heterocycles. The zero-order chi connectivity index (χ0) is 12.3. The molecule has 0 spiro atoms. The van der Waals surface area contributed by atoms with Crippen LogP contribution in [0.2, 0.25) is 0 Å². The number of piperidine rings is 1. The van der Waals surface area contributed by atoms with Gasteiger partial charge in [-0.3, -0.25) is 0 Å². The van der Waals surface area contributed by atoms with Crippen LogP contribution in [0.5, 0.6) is 0 Å². The maximum Gasteiger partial charge on any atom is 0.0906 e. The largest absolute Gasteiger partial charge is 0.387 e. The van der Waals surface area contributed by atoms with E-state index in [0.29, 0.717) is 6.04 Å². The third kappa shape index (κ3) is 1.29. The predicted molar refractivity (Wildman–Crippen MR) is 69.8 cm³/mol. The predicted octanol–water partition coefficient (Wildman–Crippen LogP) is 2.71. The molecule has 0 amide bonds. The third-order valence-electron chi connectivity index (χ3n) is 6.48. The Balaban J connectivity index is 1.98. The topological polar surface area (TPSA) is 32.3 Å². The molecule has 2 saturated carbocycles. The molecule has 0 radical (unpaired) electrons. The fraction of sp³-hybridized carbons (Fsp3) is 1.00. The van der Waals surface area contributed by atoms with Gasteiger partial charge < -0.3 is 10.4 Å². The van der Waals surface area contributed by atoms with Crippen molar-refractivity contribution in [2.75, 3.05) is 6.54 Å². The summed E-state index contributed by atoms with van der Waals surface area (Å²) in [5.74, 6) is 0.723. The second-order valence-electron chi connectivity index (χ2n) is 7.49. The van der Waals surface area contributed by atoms with E-state index in [1.165, 1.54) is 32.1 Å². The molecule has 3 rings (SSSR count). The van der Waals surface area contributed by atoms with Gasteiger partial charge in [0.25, 0.3) is 0 Å². The van der Waals surface area contributed by atoms with E-state index < -0.39 is 5.60 Å². The van der Waals surface area contributed by atoms with Crippen LogP contribution in [0.3, 0.4) is 0 Å². The van der Waals surface area contributed by atoms with Gasteiger partial charge >= 0.3 is 0 Å². The maximum absolute atomic E-state index is 11.5. The van der Waals surface area contributed by atoms with Gasteiger partial charge in [0.15, 0.2) is 0 Å². The number of hydrogen-bond acceptors (Lipinski definition) is 2. The molecule has 4 unspecified atom stereocenters. The van der Waals surface area contributed by atoms with E-state index in [1.54, 1.807) is 0 Å². The Morgan fingerprint density at radius 3 is 2.41 bits per heavy atom. The third-order valence-corrected chi connectivity index (χ3v) is 6.48. The average molecular weight is 237 g/mol. The summed E-state index contributed by atoms with van der Waals surface area (Å²) in [4.78, 5) is 0. The zero-order valence-electron chi connectivity index (χ0n) is 11.6. The number of nitrogens with one attached hydrogen (secondary N) is 1. The van der Waals surface area contributed by atoms with E-state index in [0.717, 1.165) is 18.9 Å². The second-order valence-corrected chi connectivity index (χ2v) is 7.49. The molecule has 2 N–H and O–H groups in total. The smallest absolute Gasteiger partial charge is 0.0906 e. The van der Waals surface area contributed by atoms with Gasteiger partial charge in [0.1, 0.15) is 0 Å². The minimum absolute atomic E-state index is 0.0784. The van der Waals surface area contributed by atoms with Crippen LogP contribution in [-0.4, -0.2) is 23.3 Å². The molecule has 2 nitrogen and oxygen atoms in total. The molecule has 98 valence electrons. The molecular formula is C15H27NO. The quantitative estimate of drug-likeness (QED) is 0.735. The molecule has 17 heavy (non-hydrogen) atoms. The summed E-state index contributed by atoms with van der Waals surface area (Å²) in [6.07, 6.45) is 7.47. The summed E-state index contributed by atoms with van der Waals surface area (Å²) < 4.78 is 0.